The highest BCUT2D eigenvalue weighted by Crippen LogP contribution is 2.57. The summed E-state index contributed by atoms with van der Waals surface area (Å²) in [5.41, 5.74) is 3.67. The Labute approximate surface area is 109 Å². The normalized spacial score (nSPS) is 36.1. The van der Waals surface area contributed by atoms with Crippen molar-refractivity contribution in [3.8, 4) is 5.75 Å². The first-order valence-electron chi connectivity index (χ1n) is 7.13. The molecule has 0 radical (unpaired) electrons. The highest BCUT2D eigenvalue weighted by molar-refractivity contribution is 5.39. The maximum Gasteiger partial charge on any atom is 0.119 e. The molecule has 1 aromatic rings. The third-order valence-corrected chi connectivity index (χ3v) is 5.48. The number of rotatable bonds is 1. The molecule has 94 valence electrons. The molecular weight excluding hydrogens is 220 g/mol. The number of aryl methyl sites for hydroxylation is 1. The lowest BCUT2D eigenvalue weighted by molar-refractivity contribution is 0.194. The van der Waals surface area contributed by atoms with Gasteiger partial charge in [-0.1, -0.05) is 18.2 Å². The van der Waals surface area contributed by atoms with Crippen molar-refractivity contribution in [1.82, 2.24) is 0 Å². The van der Waals surface area contributed by atoms with Crippen molar-refractivity contribution in [2.24, 2.45) is 17.3 Å². The van der Waals surface area contributed by atoms with Gasteiger partial charge in [-0.3, -0.25) is 0 Å². The maximum atomic E-state index is 5.38. The van der Waals surface area contributed by atoms with E-state index in [0.717, 1.165) is 17.6 Å². The van der Waals surface area contributed by atoms with Gasteiger partial charge in [0.2, 0.25) is 0 Å². The number of hydrogen-bond donors (Lipinski definition) is 0. The predicted octanol–water partition coefficient (Wildman–Crippen LogP) is 3.77. The Morgan fingerprint density at radius 2 is 2.17 bits per heavy atom. The molecule has 18 heavy (non-hydrogen) atoms. The van der Waals surface area contributed by atoms with Gasteiger partial charge < -0.3 is 4.74 Å². The molecule has 3 atom stereocenters. The number of allylic oxidation sites excluding steroid dienone is 2. The van der Waals surface area contributed by atoms with E-state index in [-0.39, 0.29) is 0 Å². The first-order valence-corrected chi connectivity index (χ1v) is 7.13. The van der Waals surface area contributed by atoms with Crippen LogP contribution < -0.4 is 4.74 Å². The van der Waals surface area contributed by atoms with Gasteiger partial charge in [-0.2, -0.15) is 0 Å². The molecule has 3 aliphatic rings. The Bertz CT molecular complexity index is 516. The van der Waals surface area contributed by atoms with Crippen LogP contribution in [0.2, 0.25) is 0 Å². The van der Waals surface area contributed by atoms with Crippen LogP contribution in [0.15, 0.2) is 30.4 Å². The molecule has 0 saturated heterocycles. The Hall–Kier alpha value is -1.24. The van der Waals surface area contributed by atoms with Gasteiger partial charge in [0, 0.05) is 0 Å². The van der Waals surface area contributed by atoms with Crippen LogP contribution in [-0.4, -0.2) is 7.11 Å². The van der Waals surface area contributed by atoms with Gasteiger partial charge in [-0.05, 0) is 72.6 Å². The van der Waals surface area contributed by atoms with E-state index in [4.69, 9.17) is 4.74 Å². The molecule has 1 aromatic carbocycles. The molecule has 4 rings (SSSR count). The number of benzene rings is 1. The standard InChI is InChI=1S/C17H20O/c1-18-16-5-3-13-6-7-17(11-14(13)9-16)10-12-2-4-15(17)8-12/h2-5,9,12,15H,6-8,10-11H2,1H3. The molecule has 1 spiro atoms. The molecule has 2 bridgehead atoms. The summed E-state index contributed by atoms with van der Waals surface area (Å²) in [7, 11) is 1.76. The van der Waals surface area contributed by atoms with Crippen molar-refractivity contribution in [2.45, 2.75) is 32.1 Å². The van der Waals surface area contributed by atoms with Crippen molar-refractivity contribution in [3.63, 3.8) is 0 Å². The average molecular weight is 240 g/mol. The van der Waals surface area contributed by atoms with E-state index in [1.54, 1.807) is 18.2 Å². The fourth-order valence-corrected chi connectivity index (χ4v) is 4.53. The first kappa shape index (κ1) is 10.7. The van der Waals surface area contributed by atoms with E-state index in [0.29, 0.717) is 5.41 Å². The fourth-order valence-electron chi connectivity index (χ4n) is 4.53. The summed E-state index contributed by atoms with van der Waals surface area (Å²) < 4.78 is 5.38. The quantitative estimate of drug-likeness (QED) is 0.679. The van der Waals surface area contributed by atoms with E-state index in [1.165, 1.54) is 32.1 Å². The summed E-state index contributed by atoms with van der Waals surface area (Å²) in [6.07, 6.45) is 11.7. The predicted molar refractivity (Wildman–Crippen MR) is 72.8 cm³/mol. The molecule has 1 nitrogen and oxygen atoms in total. The third-order valence-electron chi connectivity index (χ3n) is 5.48. The van der Waals surface area contributed by atoms with Crippen molar-refractivity contribution < 1.29 is 4.74 Å². The molecule has 1 saturated carbocycles. The van der Waals surface area contributed by atoms with Crippen molar-refractivity contribution in [2.75, 3.05) is 7.11 Å². The summed E-state index contributed by atoms with van der Waals surface area (Å²) >= 11 is 0. The Morgan fingerprint density at radius 3 is 2.89 bits per heavy atom. The van der Waals surface area contributed by atoms with E-state index in [1.807, 2.05) is 0 Å². The molecule has 0 N–H and O–H groups in total. The third kappa shape index (κ3) is 1.39. The minimum atomic E-state index is 0.582. The second-order valence-electron chi connectivity index (χ2n) is 6.37. The molecule has 1 fully saturated rings. The van der Waals surface area contributed by atoms with Crippen LogP contribution in [-0.2, 0) is 12.8 Å². The monoisotopic (exact) mass is 240 g/mol. The molecule has 1 heteroatoms. The van der Waals surface area contributed by atoms with Gasteiger partial charge in [0.25, 0.3) is 0 Å². The van der Waals surface area contributed by atoms with Crippen LogP contribution in [0.3, 0.4) is 0 Å². The lowest BCUT2D eigenvalue weighted by atomic mass is 9.64. The van der Waals surface area contributed by atoms with Crippen molar-refractivity contribution >= 4 is 0 Å². The summed E-state index contributed by atoms with van der Waals surface area (Å²) in [6, 6.07) is 6.65. The highest BCUT2D eigenvalue weighted by Gasteiger charge is 2.49. The van der Waals surface area contributed by atoms with Crippen LogP contribution in [0.1, 0.15) is 30.4 Å². The first-order chi connectivity index (χ1) is 8.79. The van der Waals surface area contributed by atoms with Crippen molar-refractivity contribution in [1.29, 1.82) is 0 Å². The van der Waals surface area contributed by atoms with Crippen LogP contribution in [0.25, 0.3) is 0 Å². The zero-order valence-corrected chi connectivity index (χ0v) is 11.0. The second kappa shape index (κ2) is 3.63. The zero-order chi connectivity index (χ0) is 12.2. The van der Waals surface area contributed by atoms with E-state index in [9.17, 15) is 0 Å². The topological polar surface area (TPSA) is 9.23 Å². The minimum absolute atomic E-state index is 0.582. The van der Waals surface area contributed by atoms with Gasteiger partial charge in [-0.25, -0.2) is 0 Å². The number of fused-ring (bicyclic) bond motifs is 4. The Balaban J connectivity index is 1.70. The summed E-state index contributed by atoms with van der Waals surface area (Å²) in [6.45, 7) is 0. The van der Waals surface area contributed by atoms with Crippen LogP contribution in [0.4, 0.5) is 0 Å². The van der Waals surface area contributed by atoms with Gasteiger partial charge >= 0.3 is 0 Å². The molecular formula is C17H20O. The van der Waals surface area contributed by atoms with Gasteiger partial charge in [0.1, 0.15) is 5.75 Å². The largest absolute Gasteiger partial charge is 0.497 e. The zero-order valence-electron chi connectivity index (χ0n) is 11.0. The smallest absolute Gasteiger partial charge is 0.119 e. The maximum absolute atomic E-state index is 5.38. The lowest BCUT2D eigenvalue weighted by Crippen LogP contribution is -2.32. The number of ether oxygens (including phenoxy) is 1. The fraction of sp³-hybridized carbons (Fsp3) is 0.529. The Morgan fingerprint density at radius 1 is 1.22 bits per heavy atom. The van der Waals surface area contributed by atoms with Gasteiger partial charge in [0.15, 0.2) is 0 Å². The van der Waals surface area contributed by atoms with Gasteiger partial charge in [-0.15, -0.1) is 0 Å². The summed E-state index contributed by atoms with van der Waals surface area (Å²) in [5.74, 6) is 2.74. The minimum Gasteiger partial charge on any atom is -0.497 e. The molecule has 0 aromatic heterocycles. The summed E-state index contributed by atoms with van der Waals surface area (Å²) in [5, 5.41) is 0. The van der Waals surface area contributed by atoms with E-state index < -0.39 is 0 Å². The SMILES string of the molecule is COc1ccc2c(c1)CC1(CC2)CC2C=CC1C2. The van der Waals surface area contributed by atoms with Crippen LogP contribution in [0.5, 0.6) is 5.75 Å². The average Bonchev–Trinajstić information content (AvgIpc) is 2.98. The molecule has 0 heterocycles. The number of methoxy groups -OCH3 is 1. The molecule has 3 aliphatic carbocycles. The lowest BCUT2D eigenvalue weighted by Gasteiger charge is -2.40. The summed E-state index contributed by atoms with van der Waals surface area (Å²) in [4.78, 5) is 0. The van der Waals surface area contributed by atoms with Gasteiger partial charge in [0.05, 0.1) is 7.11 Å². The highest BCUT2D eigenvalue weighted by atomic mass is 16.5. The van der Waals surface area contributed by atoms with Crippen LogP contribution in [0, 0.1) is 17.3 Å². The number of hydrogen-bond acceptors (Lipinski definition) is 1. The molecule has 0 aliphatic heterocycles. The van der Waals surface area contributed by atoms with Crippen LogP contribution >= 0.6 is 0 Å². The van der Waals surface area contributed by atoms with Crippen molar-refractivity contribution in [3.05, 3.63) is 41.5 Å². The van der Waals surface area contributed by atoms with E-state index in [2.05, 4.69) is 30.4 Å². The van der Waals surface area contributed by atoms with E-state index >= 15 is 0 Å². The second-order valence-corrected chi connectivity index (χ2v) is 6.37. The Kier molecular flexibility index (Phi) is 2.15. The molecule has 0 amide bonds. The molecule has 3 unspecified atom stereocenters.